The minimum Gasteiger partial charge on any atom is -0.395 e. The molecule has 1 N–H and O–H groups in total. The molecule has 0 saturated heterocycles. The van der Waals surface area contributed by atoms with Crippen LogP contribution in [0.3, 0.4) is 0 Å². The summed E-state index contributed by atoms with van der Waals surface area (Å²) >= 11 is 0. The van der Waals surface area contributed by atoms with Gasteiger partial charge in [-0.05, 0) is 30.4 Å². The molecule has 1 fully saturated rings. The summed E-state index contributed by atoms with van der Waals surface area (Å²) in [4.78, 5) is 2.38. The molecule has 1 aliphatic carbocycles. The molecule has 1 aliphatic heterocycles. The van der Waals surface area contributed by atoms with E-state index in [0.29, 0.717) is 6.04 Å². The fourth-order valence-corrected chi connectivity index (χ4v) is 2.83. The standard InChI is InChI=1S/C15H21NO2/c17-9-8-16(13-5-6-13)11-15-14-4-2-1-3-12(14)7-10-18-15/h1-4,13,15,17H,5-11H2. The molecule has 1 atom stereocenters. The first kappa shape index (κ1) is 12.2. The van der Waals surface area contributed by atoms with Gasteiger partial charge in [-0.25, -0.2) is 0 Å². The van der Waals surface area contributed by atoms with Crippen molar-refractivity contribution in [3.8, 4) is 0 Å². The summed E-state index contributed by atoms with van der Waals surface area (Å²) < 4.78 is 5.94. The number of ether oxygens (including phenoxy) is 1. The Hall–Kier alpha value is -0.900. The predicted octanol–water partition coefficient (Wildman–Crippen LogP) is 1.76. The van der Waals surface area contributed by atoms with Gasteiger partial charge in [0.15, 0.2) is 0 Å². The molecule has 1 aromatic carbocycles. The fourth-order valence-electron chi connectivity index (χ4n) is 2.83. The van der Waals surface area contributed by atoms with Gasteiger partial charge in [0, 0.05) is 19.1 Å². The lowest BCUT2D eigenvalue weighted by Gasteiger charge is -2.31. The minimum absolute atomic E-state index is 0.182. The summed E-state index contributed by atoms with van der Waals surface area (Å²) in [5, 5.41) is 9.16. The van der Waals surface area contributed by atoms with Crippen molar-refractivity contribution in [2.45, 2.75) is 31.4 Å². The maximum absolute atomic E-state index is 9.16. The second kappa shape index (κ2) is 5.39. The highest BCUT2D eigenvalue weighted by Crippen LogP contribution is 2.32. The van der Waals surface area contributed by atoms with E-state index < -0.39 is 0 Å². The van der Waals surface area contributed by atoms with Crippen molar-refractivity contribution >= 4 is 0 Å². The molecule has 0 bridgehead atoms. The Morgan fingerprint density at radius 3 is 2.89 bits per heavy atom. The highest BCUT2D eigenvalue weighted by molar-refractivity contribution is 5.31. The molecule has 1 heterocycles. The highest BCUT2D eigenvalue weighted by Gasteiger charge is 2.32. The zero-order chi connectivity index (χ0) is 12.4. The topological polar surface area (TPSA) is 32.7 Å². The van der Waals surface area contributed by atoms with Crippen LogP contribution in [0.4, 0.5) is 0 Å². The summed E-state index contributed by atoms with van der Waals surface area (Å²) in [5.74, 6) is 0. The average Bonchev–Trinajstić information content (AvgIpc) is 3.23. The molecule has 1 aromatic rings. The van der Waals surface area contributed by atoms with Crippen molar-refractivity contribution in [3.63, 3.8) is 0 Å². The van der Waals surface area contributed by atoms with Crippen LogP contribution < -0.4 is 0 Å². The molecule has 0 aromatic heterocycles. The molecule has 1 unspecified atom stereocenters. The largest absolute Gasteiger partial charge is 0.395 e. The van der Waals surface area contributed by atoms with Gasteiger partial charge in [0.25, 0.3) is 0 Å². The lowest BCUT2D eigenvalue weighted by molar-refractivity contribution is 0.0108. The Bertz CT molecular complexity index is 403. The maximum atomic E-state index is 9.16. The average molecular weight is 247 g/mol. The van der Waals surface area contributed by atoms with E-state index in [4.69, 9.17) is 9.84 Å². The van der Waals surface area contributed by atoms with Crippen LogP contribution in [-0.4, -0.2) is 42.4 Å². The van der Waals surface area contributed by atoms with Crippen molar-refractivity contribution < 1.29 is 9.84 Å². The van der Waals surface area contributed by atoms with E-state index in [1.54, 1.807) is 0 Å². The Morgan fingerprint density at radius 2 is 2.11 bits per heavy atom. The van der Waals surface area contributed by atoms with Gasteiger partial charge in [0.1, 0.15) is 0 Å². The predicted molar refractivity (Wildman–Crippen MR) is 70.5 cm³/mol. The van der Waals surface area contributed by atoms with E-state index in [0.717, 1.165) is 26.1 Å². The molecule has 2 aliphatic rings. The van der Waals surface area contributed by atoms with E-state index in [-0.39, 0.29) is 12.7 Å². The molecule has 3 heteroatoms. The van der Waals surface area contributed by atoms with Crippen LogP contribution in [0.25, 0.3) is 0 Å². The zero-order valence-electron chi connectivity index (χ0n) is 10.7. The molecule has 18 heavy (non-hydrogen) atoms. The molecule has 1 saturated carbocycles. The number of benzene rings is 1. The van der Waals surface area contributed by atoms with E-state index >= 15 is 0 Å². The maximum Gasteiger partial charge on any atom is 0.0954 e. The third-order valence-electron chi connectivity index (χ3n) is 3.94. The summed E-state index contributed by atoms with van der Waals surface area (Å²) in [6.07, 6.45) is 3.75. The Kier molecular flexibility index (Phi) is 3.64. The van der Waals surface area contributed by atoms with Crippen molar-refractivity contribution in [1.82, 2.24) is 4.90 Å². The van der Waals surface area contributed by atoms with Crippen LogP contribution in [-0.2, 0) is 11.2 Å². The molecule has 0 radical (unpaired) electrons. The van der Waals surface area contributed by atoms with Gasteiger partial charge < -0.3 is 9.84 Å². The Labute approximate surface area is 108 Å². The van der Waals surface area contributed by atoms with E-state index in [2.05, 4.69) is 29.2 Å². The SMILES string of the molecule is OCCN(CC1OCCc2ccccc21)C1CC1. The van der Waals surface area contributed by atoms with Gasteiger partial charge in [0.2, 0.25) is 0 Å². The van der Waals surface area contributed by atoms with Crippen LogP contribution in [0.2, 0.25) is 0 Å². The zero-order valence-corrected chi connectivity index (χ0v) is 10.7. The molecule has 3 nitrogen and oxygen atoms in total. The van der Waals surface area contributed by atoms with Crippen LogP contribution in [0.5, 0.6) is 0 Å². The molecule has 98 valence electrons. The van der Waals surface area contributed by atoms with Crippen LogP contribution in [0.1, 0.15) is 30.1 Å². The first-order chi connectivity index (χ1) is 8.88. The van der Waals surface area contributed by atoms with Gasteiger partial charge in [0.05, 0.1) is 19.3 Å². The van der Waals surface area contributed by atoms with Crippen molar-refractivity contribution in [2.24, 2.45) is 0 Å². The molecule has 0 spiro atoms. The van der Waals surface area contributed by atoms with Crippen LogP contribution in [0.15, 0.2) is 24.3 Å². The fraction of sp³-hybridized carbons (Fsp3) is 0.600. The summed E-state index contributed by atoms with van der Waals surface area (Å²) in [6.45, 7) is 2.75. The minimum atomic E-state index is 0.182. The van der Waals surface area contributed by atoms with Crippen LogP contribution >= 0.6 is 0 Å². The van der Waals surface area contributed by atoms with Gasteiger partial charge >= 0.3 is 0 Å². The first-order valence-electron chi connectivity index (χ1n) is 6.93. The van der Waals surface area contributed by atoms with E-state index in [9.17, 15) is 0 Å². The summed E-state index contributed by atoms with van der Waals surface area (Å²) in [6, 6.07) is 9.26. The van der Waals surface area contributed by atoms with Crippen molar-refractivity contribution in [1.29, 1.82) is 0 Å². The number of hydrogen-bond donors (Lipinski definition) is 1. The number of fused-ring (bicyclic) bond motifs is 1. The van der Waals surface area contributed by atoms with E-state index in [1.165, 1.54) is 24.0 Å². The Balaban J connectivity index is 1.72. The van der Waals surface area contributed by atoms with Gasteiger partial charge in [-0.3, -0.25) is 4.90 Å². The molecule has 3 rings (SSSR count). The number of nitrogens with zero attached hydrogens (tertiary/aromatic N) is 1. The molecular weight excluding hydrogens is 226 g/mol. The quantitative estimate of drug-likeness (QED) is 0.860. The number of aliphatic hydroxyl groups is 1. The second-order valence-corrected chi connectivity index (χ2v) is 5.26. The van der Waals surface area contributed by atoms with Crippen molar-refractivity contribution in [2.75, 3.05) is 26.3 Å². The Morgan fingerprint density at radius 1 is 1.28 bits per heavy atom. The number of rotatable bonds is 5. The van der Waals surface area contributed by atoms with Gasteiger partial charge in [-0.15, -0.1) is 0 Å². The third kappa shape index (κ3) is 2.58. The van der Waals surface area contributed by atoms with E-state index in [1.807, 2.05) is 0 Å². The highest BCUT2D eigenvalue weighted by atomic mass is 16.5. The number of aliphatic hydroxyl groups excluding tert-OH is 1. The van der Waals surface area contributed by atoms with Crippen molar-refractivity contribution in [3.05, 3.63) is 35.4 Å². The molecular formula is C15H21NO2. The monoisotopic (exact) mass is 247 g/mol. The lowest BCUT2D eigenvalue weighted by Crippen LogP contribution is -2.35. The summed E-state index contributed by atoms with van der Waals surface area (Å²) in [5.41, 5.74) is 2.76. The van der Waals surface area contributed by atoms with Gasteiger partial charge in [-0.1, -0.05) is 24.3 Å². The second-order valence-electron chi connectivity index (χ2n) is 5.26. The normalized spacial score (nSPS) is 23.1. The van der Waals surface area contributed by atoms with Gasteiger partial charge in [-0.2, -0.15) is 0 Å². The smallest absolute Gasteiger partial charge is 0.0954 e. The lowest BCUT2D eigenvalue weighted by atomic mass is 9.97. The summed E-state index contributed by atoms with van der Waals surface area (Å²) in [7, 11) is 0. The van der Waals surface area contributed by atoms with Crippen LogP contribution in [0, 0.1) is 0 Å². The first-order valence-corrected chi connectivity index (χ1v) is 6.93. The molecule has 0 amide bonds. The number of hydrogen-bond acceptors (Lipinski definition) is 3. The third-order valence-corrected chi connectivity index (χ3v) is 3.94.